The van der Waals surface area contributed by atoms with Crippen molar-refractivity contribution in [3.8, 4) is 0 Å². The lowest BCUT2D eigenvalue weighted by molar-refractivity contribution is 0.591. The molecule has 62 valence electrons. The minimum atomic E-state index is -0.287. The minimum Gasteiger partial charge on any atom is -0.325 e. The fourth-order valence-electron chi connectivity index (χ4n) is 0.739. The van der Waals surface area contributed by atoms with Gasteiger partial charge in [-0.25, -0.2) is 4.39 Å². The van der Waals surface area contributed by atoms with Crippen LogP contribution < -0.4 is 5.73 Å². The molecule has 0 radical (unpaired) electrons. The van der Waals surface area contributed by atoms with Crippen LogP contribution in [0.4, 0.5) is 4.39 Å². The van der Waals surface area contributed by atoms with Crippen molar-refractivity contribution in [3.63, 3.8) is 0 Å². The molecule has 11 heavy (non-hydrogen) atoms. The molecule has 0 fully saturated rings. The Morgan fingerprint density at radius 2 is 2.27 bits per heavy atom. The van der Waals surface area contributed by atoms with Gasteiger partial charge in [-0.05, 0) is 18.6 Å². The zero-order valence-electron chi connectivity index (χ0n) is 6.17. The van der Waals surface area contributed by atoms with E-state index in [1.807, 2.05) is 0 Å². The molecular weight excluding hydrogens is 167 g/mol. The van der Waals surface area contributed by atoms with E-state index < -0.39 is 0 Å². The summed E-state index contributed by atoms with van der Waals surface area (Å²) in [6.45, 7) is 1.85. The number of aryl methyl sites for hydroxylation is 1. The third-order valence-corrected chi connectivity index (χ3v) is 1.35. The highest BCUT2D eigenvalue weighted by Crippen LogP contribution is 2.07. The maximum absolute atomic E-state index is 12.9. The highest BCUT2D eigenvalue weighted by Gasteiger charge is 2.02. The van der Waals surface area contributed by atoms with E-state index in [0.717, 1.165) is 0 Å². The Labute approximate surface area is 71.0 Å². The van der Waals surface area contributed by atoms with Crippen molar-refractivity contribution in [3.05, 3.63) is 29.3 Å². The average Bonchev–Trinajstić information content (AvgIpc) is 1.95. The highest BCUT2D eigenvalue weighted by molar-refractivity contribution is 5.85. The van der Waals surface area contributed by atoms with E-state index in [4.69, 9.17) is 5.73 Å². The molecule has 0 unspecified atom stereocenters. The second-order valence-corrected chi connectivity index (χ2v) is 2.09. The van der Waals surface area contributed by atoms with Gasteiger partial charge in [-0.15, -0.1) is 12.4 Å². The van der Waals surface area contributed by atoms with E-state index in [2.05, 4.69) is 4.98 Å². The quantitative estimate of drug-likeness (QED) is 0.703. The van der Waals surface area contributed by atoms with E-state index in [0.29, 0.717) is 11.3 Å². The SMILES string of the molecule is Cc1ccnc(CN)c1F.Cl. The smallest absolute Gasteiger partial charge is 0.148 e. The van der Waals surface area contributed by atoms with Crippen LogP contribution in [0.25, 0.3) is 0 Å². The van der Waals surface area contributed by atoms with Gasteiger partial charge < -0.3 is 5.73 Å². The molecule has 0 atom stereocenters. The first kappa shape index (κ1) is 10.3. The summed E-state index contributed by atoms with van der Waals surface area (Å²) < 4.78 is 12.9. The summed E-state index contributed by atoms with van der Waals surface area (Å²) in [5, 5.41) is 0. The van der Waals surface area contributed by atoms with Crippen molar-refractivity contribution < 1.29 is 4.39 Å². The molecule has 0 saturated carbocycles. The number of pyridine rings is 1. The van der Waals surface area contributed by atoms with Gasteiger partial charge in [0.15, 0.2) is 0 Å². The number of hydrogen-bond acceptors (Lipinski definition) is 2. The van der Waals surface area contributed by atoms with Gasteiger partial charge in [0.25, 0.3) is 0 Å². The van der Waals surface area contributed by atoms with Crippen molar-refractivity contribution >= 4 is 12.4 Å². The van der Waals surface area contributed by atoms with Gasteiger partial charge in [-0.2, -0.15) is 0 Å². The van der Waals surface area contributed by atoms with Crippen LogP contribution in [0, 0.1) is 12.7 Å². The highest BCUT2D eigenvalue weighted by atomic mass is 35.5. The molecular formula is C7H10ClFN2. The topological polar surface area (TPSA) is 38.9 Å². The second-order valence-electron chi connectivity index (χ2n) is 2.09. The molecule has 0 amide bonds. The van der Waals surface area contributed by atoms with Crippen LogP contribution in [0.2, 0.25) is 0 Å². The second kappa shape index (κ2) is 4.26. The first-order chi connectivity index (χ1) is 4.75. The van der Waals surface area contributed by atoms with Crippen molar-refractivity contribution in [2.24, 2.45) is 5.73 Å². The molecule has 1 aromatic rings. The van der Waals surface area contributed by atoms with E-state index in [1.165, 1.54) is 0 Å². The first-order valence-electron chi connectivity index (χ1n) is 3.05. The van der Waals surface area contributed by atoms with Gasteiger partial charge in [0, 0.05) is 12.7 Å². The first-order valence-corrected chi connectivity index (χ1v) is 3.05. The van der Waals surface area contributed by atoms with Gasteiger partial charge in [-0.3, -0.25) is 4.98 Å². The number of rotatable bonds is 1. The molecule has 2 nitrogen and oxygen atoms in total. The monoisotopic (exact) mass is 176 g/mol. The normalized spacial score (nSPS) is 9.00. The van der Waals surface area contributed by atoms with Crippen molar-refractivity contribution in [1.82, 2.24) is 4.98 Å². The van der Waals surface area contributed by atoms with Crippen LogP contribution >= 0.6 is 12.4 Å². The largest absolute Gasteiger partial charge is 0.325 e. The zero-order chi connectivity index (χ0) is 7.56. The Kier molecular flexibility index (Phi) is 4.00. The molecule has 0 aliphatic carbocycles. The molecule has 4 heteroatoms. The molecule has 0 spiro atoms. The molecule has 1 heterocycles. The molecule has 0 bridgehead atoms. The summed E-state index contributed by atoms with van der Waals surface area (Å²) in [5.41, 5.74) is 6.14. The van der Waals surface area contributed by atoms with Crippen molar-refractivity contribution in [1.29, 1.82) is 0 Å². The standard InChI is InChI=1S/C7H9FN2.ClH/c1-5-2-3-10-6(4-9)7(5)8;/h2-3H,4,9H2,1H3;1H. The summed E-state index contributed by atoms with van der Waals surface area (Å²) in [6.07, 6.45) is 1.56. The van der Waals surface area contributed by atoms with Gasteiger partial charge in [0.05, 0.1) is 5.69 Å². The van der Waals surface area contributed by atoms with Crippen LogP contribution in [0.3, 0.4) is 0 Å². The molecule has 0 saturated heterocycles. The minimum absolute atomic E-state index is 0. The van der Waals surface area contributed by atoms with E-state index in [9.17, 15) is 4.39 Å². The Balaban J connectivity index is 0.000001000. The Hall–Kier alpha value is -0.670. The summed E-state index contributed by atoms with van der Waals surface area (Å²) in [4.78, 5) is 3.76. The fraction of sp³-hybridized carbons (Fsp3) is 0.286. The van der Waals surface area contributed by atoms with Crippen LogP contribution in [0.15, 0.2) is 12.3 Å². The number of hydrogen-bond donors (Lipinski definition) is 1. The van der Waals surface area contributed by atoms with Crippen molar-refractivity contribution in [2.75, 3.05) is 0 Å². The molecule has 1 aromatic heterocycles. The third kappa shape index (κ3) is 2.13. The number of halogens is 2. The Morgan fingerprint density at radius 1 is 1.64 bits per heavy atom. The molecule has 0 aromatic carbocycles. The Bertz CT molecular complexity index is 240. The Morgan fingerprint density at radius 3 is 2.73 bits per heavy atom. The lowest BCUT2D eigenvalue weighted by Gasteiger charge is -1.99. The summed E-state index contributed by atoms with van der Waals surface area (Å²) in [6, 6.07) is 1.62. The molecule has 1 rings (SSSR count). The summed E-state index contributed by atoms with van der Waals surface area (Å²) in [5.74, 6) is -0.287. The zero-order valence-corrected chi connectivity index (χ0v) is 6.99. The summed E-state index contributed by atoms with van der Waals surface area (Å²) in [7, 11) is 0. The maximum Gasteiger partial charge on any atom is 0.148 e. The van der Waals surface area contributed by atoms with Crippen LogP contribution in [-0.4, -0.2) is 4.98 Å². The predicted molar refractivity (Wildman–Crippen MR) is 44.1 cm³/mol. The average molecular weight is 177 g/mol. The summed E-state index contributed by atoms with van der Waals surface area (Å²) >= 11 is 0. The lowest BCUT2D eigenvalue weighted by Crippen LogP contribution is -2.03. The van der Waals surface area contributed by atoms with E-state index in [-0.39, 0.29) is 24.8 Å². The predicted octanol–water partition coefficient (Wildman–Crippen LogP) is 1.41. The number of nitrogens with zero attached hydrogens (tertiary/aromatic N) is 1. The van der Waals surface area contributed by atoms with Crippen molar-refractivity contribution in [2.45, 2.75) is 13.5 Å². The lowest BCUT2D eigenvalue weighted by atomic mass is 10.2. The fourth-order valence-corrected chi connectivity index (χ4v) is 0.739. The van der Waals surface area contributed by atoms with Crippen LogP contribution in [0.1, 0.15) is 11.3 Å². The molecule has 0 aliphatic heterocycles. The third-order valence-electron chi connectivity index (χ3n) is 1.35. The molecule has 0 aliphatic rings. The van der Waals surface area contributed by atoms with Gasteiger partial charge in [0.2, 0.25) is 0 Å². The van der Waals surface area contributed by atoms with E-state index in [1.54, 1.807) is 19.2 Å². The number of nitrogens with two attached hydrogens (primary N) is 1. The van der Waals surface area contributed by atoms with Crippen LogP contribution in [-0.2, 0) is 6.54 Å². The molecule has 2 N–H and O–H groups in total. The van der Waals surface area contributed by atoms with Gasteiger partial charge in [-0.1, -0.05) is 0 Å². The van der Waals surface area contributed by atoms with Gasteiger partial charge >= 0.3 is 0 Å². The van der Waals surface area contributed by atoms with Gasteiger partial charge in [0.1, 0.15) is 5.82 Å². The van der Waals surface area contributed by atoms with E-state index >= 15 is 0 Å². The maximum atomic E-state index is 12.9. The number of aromatic nitrogens is 1. The van der Waals surface area contributed by atoms with Crippen LogP contribution in [0.5, 0.6) is 0 Å².